The van der Waals surface area contributed by atoms with Gasteiger partial charge in [-0.1, -0.05) is 0 Å². The summed E-state index contributed by atoms with van der Waals surface area (Å²) in [6, 6.07) is 0. The molecule has 0 spiro atoms. The van der Waals surface area contributed by atoms with Crippen LogP contribution in [0.25, 0.3) is 0 Å². The minimum absolute atomic E-state index is 0.245. The number of guanidine groups is 1. The molecule has 1 unspecified atom stereocenters. The molecule has 0 aromatic carbocycles. The number of likely N-dealkylation sites (tertiary alicyclic amines) is 2. The Labute approximate surface area is 169 Å². The van der Waals surface area contributed by atoms with Crippen molar-refractivity contribution in [3.63, 3.8) is 0 Å². The van der Waals surface area contributed by atoms with Crippen LogP contribution in [0.1, 0.15) is 58.3 Å². The van der Waals surface area contributed by atoms with E-state index in [2.05, 4.69) is 17.1 Å². The second-order valence-electron chi connectivity index (χ2n) is 8.08. The van der Waals surface area contributed by atoms with Gasteiger partial charge < -0.3 is 24.6 Å². The zero-order valence-electron chi connectivity index (χ0n) is 17.5. The number of hydrogen-bond donors (Lipinski definition) is 1. The smallest absolute Gasteiger partial charge is 0.224 e. The van der Waals surface area contributed by atoms with Gasteiger partial charge in [0.1, 0.15) is 0 Å². The van der Waals surface area contributed by atoms with Gasteiger partial charge in [-0.25, -0.2) is 0 Å². The lowest BCUT2D eigenvalue weighted by Gasteiger charge is -2.35. The highest BCUT2D eigenvalue weighted by Crippen LogP contribution is 2.18. The predicted octanol–water partition coefficient (Wildman–Crippen LogP) is 2.01. The average Bonchev–Trinajstić information content (AvgIpc) is 3.28. The summed E-state index contributed by atoms with van der Waals surface area (Å²) in [4.78, 5) is 21.2. The summed E-state index contributed by atoms with van der Waals surface area (Å²) in [6.07, 6.45) is 9.01. The van der Waals surface area contributed by atoms with Gasteiger partial charge >= 0.3 is 0 Å². The summed E-state index contributed by atoms with van der Waals surface area (Å²) in [5.41, 5.74) is 0. The van der Waals surface area contributed by atoms with Crippen LogP contribution in [-0.4, -0.2) is 86.4 Å². The third kappa shape index (κ3) is 6.62. The first-order valence-electron chi connectivity index (χ1n) is 11.3. The minimum atomic E-state index is 0.245. The molecule has 0 aliphatic carbocycles. The Balaban J connectivity index is 1.38. The summed E-state index contributed by atoms with van der Waals surface area (Å²) < 4.78 is 11.9. The number of piperidine rings is 1. The molecule has 7 heteroatoms. The van der Waals surface area contributed by atoms with E-state index in [1.54, 1.807) is 0 Å². The number of carbonyl (C=O) groups is 1. The predicted molar refractivity (Wildman–Crippen MR) is 111 cm³/mol. The van der Waals surface area contributed by atoms with Gasteiger partial charge in [-0.05, 0) is 51.9 Å². The highest BCUT2D eigenvalue weighted by molar-refractivity contribution is 5.81. The Morgan fingerprint density at radius 3 is 2.54 bits per heavy atom. The number of hydrogen-bond acceptors (Lipinski definition) is 4. The number of carbonyl (C=O) groups excluding carboxylic acids is 1. The fourth-order valence-electron chi connectivity index (χ4n) is 4.22. The highest BCUT2D eigenvalue weighted by atomic mass is 16.5. The molecule has 3 rings (SSSR count). The average molecular weight is 395 g/mol. The zero-order chi connectivity index (χ0) is 19.6. The molecule has 1 amide bonds. The van der Waals surface area contributed by atoms with Crippen LogP contribution in [0.5, 0.6) is 0 Å². The number of ether oxygens (including phenoxy) is 2. The third-order valence-corrected chi connectivity index (χ3v) is 5.91. The molecular formula is C21H38N4O3. The highest BCUT2D eigenvalue weighted by Gasteiger charge is 2.24. The zero-order valence-corrected chi connectivity index (χ0v) is 17.5. The van der Waals surface area contributed by atoms with Crippen molar-refractivity contribution in [3.8, 4) is 0 Å². The summed E-state index contributed by atoms with van der Waals surface area (Å²) in [5, 5.41) is 3.38. The molecule has 0 aromatic rings. The van der Waals surface area contributed by atoms with Gasteiger partial charge in [0.2, 0.25) is 5.91 Å². The van der Waals surface area contributed by atoms with Crippen LogP contribution in [0.4, 0.5) is 0 Å². The lowest BCUT2D eigenvalue weighted by atomic mass is 10.1. The van der Waals surface area contributed by atoms with Gasteiger partial charge in [-0.3, -0.25) is 9.79 Å². The van der Waals surface area contributed by atoms with Crippen molar-refractivity contribution < 1.29 is 14.3 Å². The molecule has 0 aromatic heterocycles. The number of amides is 1. The van der Waals surface area contributed by atoms with E-state index in [-0.39, 0.29) is 5.91 Å². The molecular weight excluding hydrogens is 356 g/mol. The molecule has 0 saturated carbocycles. The van der Waals surface area contributed by atoms with Crippen molar-refractivity contribution in [1.82, 2.24) is 15.1 Å². The van der Waals surface area contributed by atoms with E-state index in [1.807, 2.05) is 4.90 Å². The van der Waals surface area contributed by atoms with Crippen molar-refractivity contribution in [2.45, 2.75) is 70.5 Å². The quantitative estimate of drug-likeness (QED) is 0.529. The van der Waals surface area contributed by atoms with Crippen molar-refractivity contribution in [1.29, 1.82) is 0 Å². The van der Waals surface area contributed by atoms with Crippen LogP contribution in [0.15, 0.2) is 4.99 Å². The second kappa shape index (κ2) is 11.6. The van der Waals surface area contributed by atoms with Gasteiger partial charge in [0.15, 0.2) is 5.96 Å². The topological polar surface area (TPSA) is 66.4 Å². The summed E-state index contributed by atoms with van der Waals surface area (Å²) in [6.45, 7) is 8.84. The lowest BCUT2D eigenvalue weighted by molar-refractivity contribution is -0.129. The van der Waals surface area contributed by atoms with Crippen molar-refractivity contribution in [2.75, 3.05) is 52.5 Å². The molecule has 3 saturated heterocycles. The molecule has 3 aliphatic heterocycles. The standard InChI is InChI=1S/C21H38N4O3/c1-2-22-21(23-11-8-20(26)24-12-4-5-13-24)25-14-9-18(10-15-25)28-17-19-7-3-6-16-27-19/h18-19H,2-17H2,1H3,(H,22,23). The van der Waals surface area contributed by atoms with Crippen LogP contribution < -0.4 is 5.32 Å². The Morgan fingerprint density at radius 1 is 1.07 bits per heavy atom. The molecule has 0 radical (unpaired) electrons. The number of aliphatic imine (C=N–C) groups is 1. The Bertz CT molecular complexity index is 494. The Morgan fingerprint density at radius 2 is 1.86 bits per heavy atom. The van der Waals surface area contributed by atoms with Crippen LogP contribution >= 0.6 is 0 Å². The van der Waals surface area contributed by atoms with Crippen LogP contribution in [0.3, 0.4) is 0 Å². The summed E-state index contributed by atoms with van der Waals surface area (Å²) in [5.74, 6) is 1.18. The molecule has 160 valence electrons. The molecule has 3 aliphatic rings. The molecule has 1 N–H and O–H groups in total. The van der Waals surface area contributed by atoms with Crippen molar-refractivity contribution >= 4 is 11.9 Å². The Kier molecular flexibility index (Phi) is 8.86. The SMILES string of the molecule is CCNC(=NCCC(=O)N1CCCC1)N1CCC(OCC2CCCCO2)CC1. The maximum absolute atomic E-state index is 12.2. The van der Waals surface area contributed by atoms with E-state index >= 15 is 0 Å². The van der Waals surface area contributed by atoms with Gasteiger partial charge in [0.25, 0.3) is 0 Å². The molecule has 1 atom stereocenters. The molecule has 3 heterocycles. The van der Waals surface area contributed by atoms with E-state index in [1.165, 1.54) is 12.8 Å². The molecule has 0 bridgehead atoms. The van der Waals surface area contributed by atoms with E-state index in [9.17, 15) is 4.79 Å². The summed E-state index contributed by atoms with van der Waals surface area (Å²) >= 11 is 0. The van der Waals surface area contributed by atoms with E-state index in [0.29, 0.717) is 25.2 Å². The van der Waals surface area contributed by atoms with Gasteiger partial charge in [0.05, 0.1) is 25.4 Å². The normalized spacial score (nSPS) is 24.6. The van der Waals surface area contributed by atoms with E-state index < -0.39 is 0 Å². The maximum atomic E-state index is 12.2. The first kappa shape index (κ1) is 21.4. The monoisotopic (exact) mass is 394 g/mol. The van der Waals surface area contributed by atoms with Gasteiger partial charge in [0, 0.05) is 45.8 Å². The molecule has 3 fully saturated rings. The fraction of sp³-hybridized carbons (Fsp3) is 0.905. The fourth-order valence-corrected chi connectivity index (χ4v) is 4.22. The molecule has 28 heavy (non-hydrogen) atoms. The van der Waals surface area contributed by atoms with Crippen LogP contribution in [0, 0.1) is 0 Å². The first-order valence-corrected chi connectivity index (χ1v) is 11.3. The van der Waals surface area contributed by atoms with E-state index in [4.69, 9.17) is 14.5 Å². The number of rotatable bonds is 7. The number of nitrogens with zero attached hydrogens (tertiary/aromatic N) is 3. The van der Waals surface area contributed by atoms with Gasteiger partial charge in [-0.2, -0.15) is 0 Å². The third-order valence-electron chi connectivity index (χ3n) is 5.91. The summed E-state index contributed by atoms with van der Waals surface area (Å²) in [7, 11) is 0. The molecule has 7 nitrogen and oxygen atoms in total. The van der Waals surface area contributed by atoms with Gasteiger partial charge in [-0.15, -0.1) is 0 Å². The minimum Gasteiger partial charge on any atom is -0.376 e. The van der Waals surface area contributed by atoms with E-state index in [0.717, 1.165) is 84.0 Å². The Hall–Kier alpha value is -1.34. The maximum Gasteiger partial charge on any atom is 0.224 e. The van der Waals surface area contributed by atoms with Crippen molar-refractivity contribution in [2.24, 2.45) is 4.99 Å². The number of nitrogens with one attached hydrogen (secondary N) is 1. The van der Waals surface area contributed by atoms with Crippen LogP contribution in [-0.2, 0) is 14.3 Å². The lowest BCUT2D eigenvalue weighted by Crippen LogP contribution is -2.47. The van der Waals surface area contributed by atoms with Crippen molar-refractivity contribution in [3.05, 3.63) is 0 Å². The second-order valence-corrected chi connectivity index (χ2v) is 8.08. The van der Waals surface area contributed by atoms with Crippen LogP contribution in [0.2, 0.25) is 0 Å². The first-order chi connectivity index (χ1) is 13.8. The largest absolute Gasteiger partial charge is 0.376 e.